The second-order valence-corrected chi connectivity index (χ2v) is 11.1. The van der Waals surface area contributed by atoms with E-state index in [1.807, 2.05) is 33.8 Å². The number of ether oxygens (including phenoxy) is 2. The molecule has 0 radical (unpaired) electrons. The van der Waals surface area contributed by atoms with Crippen LogP contribution in [0.15, 0.2) is 47.1 Å². The fourth-order valence-electron chi connectivity index (χ4n) is 5.18. The quantitative estimate of drug-likeness (QED) is 0.339. The van der Waals surface area contributed by atoms with Gasteiger partial charge in [0.1, 0.15) is 25.3 Å². The average Bonchev–Trinajstić information content (AvgIpc) is 3.55. The summed E-state index contributed by atoms with van der Waals surface area (Å²) in [4.78, 5) is 39.5. The average molecular weight is 533 g/mol. The maximum Gasteiger partial charge on any atom is 0.279 e. The molecule has 0 saturated carbocycles. The molecule has 0 spiro atoms. The maximum absolute atomic E-state index is 13.5. The number of aromatic nitrogens is 2. The van der Waals surface area contributed by atoms with E-state index in [1.165, 1.54) is 17.5 Å². The molecule has 1 aliphatic heterocycles. The van der Waals surface area contributed by atoms with Crippen molar-refractivity contribution in [3.8, 4) is 11.5 Å². The first-order chi connectivity index (χ1) is 18.1. The van der Waals surface area contributed by atoms with Gasteiger partial charge < -0.3 is 14.8 Å². The first-order valence-corrected chi connectivity index (χ1v) is 13.0. The van der Waals surface area contributed by atoms with Gasteiger partial charge in [-0.3, -0.25) is 25.2 Å². The number of anilines is 1. The Bertz CT molecular complexity index is 1480. The van der Waals surface area contributed by atoms with E-state index in [1.54, 1.807) is 36.4 Å². The molecule has 1 atom stereocenters. The number of ketones is 1. The summed E-state index contributed by atoms with van der Waals surface area (Å²) < 4.78 is 12.7. The van der Waals surface area contributed by atoms with E-state index in [0.717, 1.165) is 16.7 Å². The highest BCUT2D eigenvalue weighted by atomic mass is 32.1. The standard InChI is InChI=1S/C26H28BN5O5S/c1-26(2)10-16-20(17(33)11-26)21(13-8-15(27)22(37-4)18(9-13)36-3)32-23(29-16)14(12-28-32)24(34)30-31-25(35)19-6-5-7-38-19/h5-9,12,21,29H,10-11,27H2,1-4H3,(H,30,34)(H,31,35). The van der Waals surface area contributed by atoms with E-state index in [9.17, 15) is 14.4 Å². The Kier molecular flexibility index (Phi) is 6.52. The van der Waals surface area contributed by atoms with Gasteiger partial charge in [-0.05, 0) is 40.4 Å². The van der Waals surface area contributed by atoms with E-state index >= 15 is 0 Å². The third-order valence-electron chi connectivity index (χ3n) is 6.78. The molecule has 12 heteroatoms. The summed E-state index contributed by atoms with van der Waals surface area (Å²) in [7, 11) is 5.05. The molecule has 196 valence electrons. The Hall–Kier alpha value is -4.06. The number of hydrazine groups is 1. The Morgan fingerprint density at radius 1 is 1.18 bits per heavy atom. The number of nitrogens with one attached hydrogen (secondary N) is 3. The monoisotopic (exact) mass is 533 g/mol. The van der Waals surface area contributed by atoms with Crippen molar-refractivity contribution in [2.75, 3.05) is 19.5 Å². The minimum Gasteiger partial charge on any atom is -0.493 e. The van der Waals surface area contributed by atoms with Gasteiger partial charge in [0.05, 0.1) is 25.3 Å². The van der Waals surface area contributed by atoms with Crippen molar-refractivity contribution in [2.45, 2.75) is 32.7 Å². The van der Waals surface area contributed by atoms with Crippen LogP contribution in [0.25, 0.3) is 0 Å². The number of nitrogens with zero attached hydrogens (tertiary/aromatic N) is 2. The third kappa shape index (κ3) is 4.45. The van der Waals surface area contributed by atoms with Gasteiger partial charge in [-0.2, -0.15) is 5.10 Å². The number of fused-ring (bicyclic) bond motifs is 1. The number of amides is 2. The first-order valence-electron chi connectivity index (χ1n) is 12.1. The largest absolute Gasteiger partial charge is 0.493 e. The van der Waals surface area contributed by atoms with Crippen molar-refractivity contribution in [1.29, 1.82) is 0 Å². The number of thiophene rings is 1. The number of hydrogen-bond donors (Lipinski definition) is 3. The van der Waals surface area contributed by atoms with Gasteiger partial charge >= 0.3 is 0 Å². The molecule has 2 aromatic heterocycles. The van der Waals surface area contributed by atoms with Crippen molar-refractivity contribution < 1.29 is 23.9 Å². The van der Waals surface area contributed by atoms with E-state index in [2.05, 4.69) is 21.3 Å². The lowest BCUT2D eigenvalue weighted by Gasteiger charge is -2.39. The van der Waals surface area contributed by atoms with Crippen LogP contribution < -0.4 is 31.1 Å². The summed E-state index contributed by atoms with van der Waals surface area (Å²) in [5, 5.41) is 9.63. The molecule has 1 aliphatic carbocycles. The highest BCUT2D eigenvalue weighted by Crippen LogP contribution is 2.47. The molecule has 1 aromatic carbocycles. The summed E-state index contributed by atoms with van der Waals surface area (Å²) in [6.07, 6.45) is 2.46. The van der Waals surface area contributed by atoms with Crippen LogP contribution in [-0.4, -0.2) is 49.4 Å². The fraction of sp³-hybridized carbons (Fsp3) is 0.308. The number of rotatable bonds is 5. The van der Waals surface area contributed by atoms with Crippen molar-refractivity contribution in [1.82, 2.24) is 20.6 Å². The number of Topliss-reactive ketones (excluding diaryl/α,β-unsaturated/α-hetero) is 1. The number of allylic oxidation sites excluding steroid dienone is 2. The molecule has 3 N–H and O–H groups in total. The lowest BCUT2D eigenvalue weighted by Crippen LogP contribution is -2.42. The van der Waals surface area contributed by atoms with Gasteiger partial charge in [0.2, 0.25) is 0 Å². The predicted molar refractivity (Wildman–Crippen MR) is 146 cm³/mol. The number of hydrogen-bond acceptors (Lipinski definition) is 8. The van der Waals surface area contributed by atoms with E-state index in [-0.39, 0.29) is 16.8 Å². The van der Waals surface area contributed by atoms with E-state index < -0.39 is 17.9 Å². The normalized spacial score (nSPS) is 17.7. The van der Waals surface area contributed by atoms with Gasteiger partial charge in [0.25, 0.3) is 11.8 Å². The molecule has 3 aromatic rings. The molecular formula is C26H28BN5O5S. The van der Waals surface area contributed by atoms with E-state index in [0.29, 0.717) is 40.6 Å². The SMILES string of the molecule is Bc1cc(C2C3=C(CC(C)(C)CC3=O)Nc3c(C(=O)NNC(=O)c4cccs4)cnn32)cc(OC)c1OC. The van der Waals surface area contributed by atoms with Crippen LogP contribution in [0.4, 0.5) is 5.82 Å². The number of carbonyl (C=O) groups excluding carboxylic acids is 3. The molecule has 0 bridgehead atoms. The lowest BCUT2D eigenvalue weighted by molar-refractivity contribution is -0.118. The highest BCUT2D eigenvalue weighted by Gasteiger charge is 2.42. The molecule has 2 amide bonds. The summed E-state index contributed by atoms with van der Waals surface area (Å²) in [6, 6.07) is 6.63. The molecule has 0 saturated heterocycles. The van der Waals surface area contributed by atoms with Gasteiger partial charge in [-0.25, -0.2) is 4.68 Å². The van der Waals surface area contributed by atoms with Crippen molar-refractivity contribution in [3.05, 3.63) is 63.1 Å². The van der Waals surface area contributed by atoms with Crippen LogP contribution in [0.3, 0.4) is 0 Å². The summed E-state index contributed by atoms with van der Waals surface area (Å²) >= 11 is 1.27. The third-order valence-corrected chi connectivity index (χ3v) is 7.65. The maximum atomic E-state index is 13.5. The zero-order valence-corrected chi connectivity index (χ0v) is 22.6. The van der Waals surface area contributed by atoms with Gasteiger partial charge in [-0.15, -0.1) is 11.3 Å². The first kappa shape index (κ1) is 25.6. The Balaban J connectivity index is 1.56. The molecule has 1 unspecified atom stereocenters. The number of benzene rings is 1. The highest BCUT2D eigenvalue weighted by molar-refractivity contribution is 7.12. The van der Waals surface area contributed by atoms with Crippen LogP contribution in [0.1, 0.15) is 58.3 Å². The van der Waals surface area contributed by atoms with Crippen molar-refractivity contribution >= 4 is 48.1 Å². The second kappa shape index (κ2) is 9.68. The molecule has 3 heterocycles. The van der Waals surface area contributed by atoms with E-state index in [4.69, 9.17) is 9.47 Å². The Morgan fingerprint density at radius 2 is 1.95 bits per heavy atom. The van der Waals surface area contributed by atoms with Crippen LogP contribution in [0.2, 0.25) is 0 Å². The minimum atomic E-state index is -0.578. The second-order valence-electron chi connectivity index (χ2n) is 10.2. The summed E-state index contributed by atoms with van der Waals surface area (Å²) in [5.41, 5.74) is 7.90. The van der Waals surface area contributed by atoms with Crippen LogP contribution >= 0.6 is 11.3 Å². The topological polar surface area (TPSA) is 124 Å². The zero-order chi connectivity index (χ0) is 27.2. The Labute approximate surface area is 224 Å². The van der Waals surface area contributed by atoms with Crippen LogP contribution in [-0.2, 0) is 4.79 Å². The molecule has 38 heavy (non-hydrogen) atoms. The minimum absolute atomic E-state index is 0.0246. The molecule has 5 rings (SSSR count). The summed E-state index contributed by atoms with van der Waals surface area (Å²) in [6.45, 7) is 4.09. The molecule has 10 nitrogen and oxygen atoms in total. The van der Waals surface area contributed by atoms with Crippen molar-refractivity contribution in [2.24, 2.45) is 5.41 Å². The lowest BCUT2D eigenvalue weighted by atomic mass is 9.72. The summed E-state index contributed by atoms with van der Waals surface area (Å²) in [5.74, 6) is 0.667. The van der Waals surface area contributed by atoms with Gasteiger partial charge in [0.15, 0.2) is 17.3 Å². The van der Waals surface area contributed by atoms with Crippen molar-refractivity contribution in [3.63, 3.8) is 0 Å². The smallest absolute Gasteiger partial charge is 0.279 e. The number of carbonyl (C=O) groups is 3. The zero-order valence-electron chi connectivity index (χ0n) is 21.8. The van der Waals surface area contributed by atoms with Gasteiger partial charge in [-0.1, -0.05) is 26.0 Å². The number of methoxy groups -OCH3 is 2. The predicted octanol–water partition coefficient (Wildman–Crippen LogP) is 1.95. The van der Waals surface area contributed by atoms with Crippen LogP contribution in [0, 0.1) is 5.41 Å². The van der Waals surface area contributed by atoms with Crippen LogP contribution in [0.5, 0.6) is 11.5 Å². The molecule has 2 aliphatic rings. The molecular weight excluding hydrogens is 505 g/mol. The Morgan fingerprint density at radius 3 is 2.63 bits per heavy atom. The van der Waals surface area contributed by atoms with Gasteiger partial charge in [0, 0.05) is 17.7 Å². The fourth-order valence-corrected chi connectivity index (χ4v) is 5.79. The molecule has 0 fully saturated rings.